The highest BCUT2D eigenvalue weighted by atomic mass is 16.5. The lowest BCUT2D eigenvalue weighted by molar-refractivity contribution is -0.00330. The van der Waals surface area contributed by atoms with Crippen molar-refractivity contribution < 1.29 is 14.6 Å². The van der Waals surface area contributed by atoms with Crippen LogP contribution in [0.5, 0.6) is 0 Å². The first-order valence-electron chi connectivity index (χ1n) is 7.76. The van der Waals surface area contributed by atoms with Crippen molar-refractivity contribution in [2.24, 2.45) is 0 Å². The van der Waals surface area contributed by atoms with Crippen LogP contribution in [-0.4, -0.2) is 24.4 Å². The van der Waals surface area contributed by atoms with E-state index in [4.69, 9.17) is 14.6 Å². The number of ether oxygens (including phenoxy) is 2. The predicted molar refractivity (Wildman–Crippen MR) is 87.4 cm³/mol. The van der Waals surface area contributed by atoms with Gasteiger partial charge in [-0.05, 0) is 24.0 Å². The Morgan fingerprint density at radius 3 is 1.95 bits per heavy atom. The molecule has 118 valence electrons. The van der Waals surface area contributed by atoms with Gasteiger partial charge in [-0.25, -0.2) is 0 Å². The Labute approximate surface area is 132 Å². The molecule has 1 atom stereocenters. The molecule has 2 rings (SSSR count). The summed E-state index contributed by atoms with van der Waals surface area (Å²) in [6, 6.07) is 20.2. The SMILES string of the molecule is OCC[C@@H](CCOCc1ccccc1)OCc1ccccc1. The topological polar surface area (TPSA) is 38.7 Å². The lowest BCUT2D eigenvalue weighted by Crippen LogP contribution is -2.17. The van der Waals surface area contributed by atoms with Crippen molar-refractivity contribution in [3.05, 3.63) is 71.8 Å². The summed E-state index contributed by atoms with van der Waals surface area (Å²) in [7, 11) is 0. The molecule has 22 heavy (non-hydrogen) atoms. The van der Waals surface area contributed by atoms with Crippen molar-refractivity contribution in [3.63, 3.8) is 0 Å². The lowest BCUT2D eigenvalue weighted by atomic mass is 10.2. The van der Waals surface area contributed by atoms with Crippen molar-refractivity contribution >= 4 is 0 Å². The molecule has 0 aliphatic heterocycles. The van der Waals surface area contributed by atoms with Crippen molar-refractivity contribution in [3.8, 4) is 0 Å². The van der Waals surface area contributed by atoms with Crippen molar-refractivity contribution in [2.45, 2.75) is 32.2 Å². The van der Waals surface area contributed by atoms with Gasteiger partial charge < -0.3 is 14.6 Å². The van der Waals surface area contributed by atoms with Crippen molar-refractivity contribution in [2.75, 3.05) is 13.2 Å². The van der Waals surface area contributed by atoms with Crippen LogP contribution in [-0.2, 0) is 22.7 Å². The van der Waals surface area contributed by atoms with Gasteiger partial charge in [0.15, 0.2) is 0 Å². The Morgan fingerprint density at radius 2 is 1.36 bits per heavy atom. The fourth-order valence-corrected chi connectivity index (χ4v) is 2.22. The van der Waals surface area contributed by atoms with Crippen LogP contribution in [0.3, 0.4) is 0 Å². The minimum Gasteiger partial charge on any atom is -0.396 e. The average molecular weight is 300 g/mol. The smallest absolute Gasteiger partial charge is 0.0720 e. The zero-order chi connectivity index (χ0) is 15.5. The molecule has 0 aromatic heterocycles. The van der Waals surface area contributed by atoms with E-state index in [9.17, 15) is 0 Å². The van der Waals surface area contributed by atoms with Gasteiger partial charge in [-0.15, -0.1) is 0 Å². The molecule has 0 unspecified atom stereocenters. The van der Waals surface area contributed by atoms with Gasteiger partial charge in [0, 0.05) is 13.2 Å². The number of hydrogen-bond donors (Lipinski definition) is 1. The Balaban J connectivity index is 1.67. The maximum absolute atomic E-state index is 9.15. The molecule has 3 heteroatoms. The van der Waals surface area contributed by atoms with Crippen LogP contribution in [0.15, 0.2) is 60.7 Å². The molecule has 0 saturated heterocycles. The van der Waals surface area contributed by atoms with Crippen LogP contribution in [0.2, 0.25) is 0 Å². The fourth-order valence-electron chi connectivity index (χ4n) is 2.22. The molecule has 0 aliphatic rings. The highest BCUT2D eigenvalue weighted by Crippen LogP contribution is 2.10. The second-order valence-electron chi connectivity index (χ2n) is 5.26. The maximum Gasteiger partial charge on any atom is 0.0720 e. The monoisotopic (exact) mass is 300 g/mol. The first-order valence-corrected chi connectivity index (χ1v) is 7.76. The van der Waals surface area contributed by atoms with Crippen LogP contribution in [0, 0.1) is 0 Å². The molecule has 0 heterocycles. The predicted octanol–water partition coefficient (Wildman–Crippen LogP) is 3.56. The summed E-state index contributed by atoms with van der Waals surface area (Å²) in [6.07, 6.45) is 1.46. The van der Waals surface area contributed by atoms with Gasteiger partial charge in [0.05, 0.1) is 19.3 Å². The molecule has 1 N–H and O–H groups in total. The molecular formula is C19H24O3. The van der Waals surface area contributed by atoms with E-state index >= 15 is 0 Å². The summed E-state index contributed by atoms with van der Waals surface area (Å²) in [5.41, 5.74) is 2.32. The van der Waals surface area contributed by atoms with E-state index in [2.05, 4.69) is 12.1 Å². The summed E-state index contributed by atoms with van der Waals surface area (Å²) >= 11 is 0. The molecule has 0 spiro atoms. The summed E-state index contributed by atoms with van der Waals surface area (Å²) in [5.74, 6) is 0. The first kappa shape index (κ1) is 16.7. The molecule has 0 radical (unpaired) electrons. The third-order valence-corrected chi connectivity index (χ3v) is 3.48. The maximum atomic E-state index is 9.15. The Kier molecular flexibility index (Phi) is 7.67. The van der Waals surface area contributed by atoms with Gasteiger partial charge in [0.2, 0.25) is 0 Å². The molecule has 2 aromatic carbocycles. The largest absolute Gasteiger partial charge is 0.396 e. The van der Waals surface area contributed by atoms with E-state index < -0.39 is 0 Å². The minimum absolute atomic E-state index is 0.0287. The van der Waals surface area contributed by atoms with Crippen molar-refractivity contribution in [1.29, 1.82) is 0 Å². The highest BCUT2D eigenvalue weighted by molar-refractivity contribution is 5.14. The molecule has 0 saturated carbocycles. The molecule has 0 fully saturated rings. The molecule has 3 nitrogen and oxygen atoms in total. The zero-order valence-corrected chi connectivity index (χ0v) is 12.9. The second-order valence-corrected chi connectivity index (χ2v) is 5.26. The standard InChI is InChI=1S/C19H24O3/c20-13-11-19(22-16-18-9-5-2-6-10-18)12-14-21-15-17-7-3-1-4-8-17/h1-10,19-20H,11-16H2/t19-/m0/s1. The quantitative estimate of drug-likeness (QED) is 0.682. The fraction of sp³-hybridized carbons (Fsp3) is 0.368. The van der Waals surface area contributed by atoms with Gasteiger partial charge >= 0.3 is 0 Å². The second kappa shape index (κ2) is 10.1. The number of rotatable bonds is 10. The van der Waals surface area contributed by atoms with E-state index in [1.54, 1.807) is 0 Å². The highest BCUT2D eigenvalue weighted by Gasteiger charge is 2.09. The van der Waals surface area contributed by atoms with E-state index in [0.29, 0.717) is 26.2 Å². The Bertz CT molecular complexity index is 499. The first-order chi connectivity index (χ1) is 10.9. The Morgan fingerprint density at radius 1 is 0.773 bits per heavy atom. The van der Waals surface area contributed by atoms with Gasteiger partial charge in [0.25, 0.3) is 0 Å². The summed E-state index contributed by atoms with van der Waals surface area (Å²) in [5, 5.41) is 9.15. The van der Waals surface area contributed by atoms with Crippen LogP contribution < -0.4 is 0 Å². The summed E-state index contributed by atoms with van der Waals surface area (Å²) < 4.78 is 11.6. The van der Waals surface area contributed by atoms with E-state index in [-0.39, 0.29) is 12.7 Å². The minimum atomic E-state index is 0.0287. The van der Waals surface area contributed by atoms with Gasteiger partial charge in [-0.3, -0.25) is 0 Å². The molecule has 0 aliphatic carbocycles. The summed E-state index contributed by atoms with van der Waals surface area (Å²) in [4.78, 5) is 0. The third-order valence-electron chi connectivity index (χ3n) is 3.48. The average Bonchev–Trinajstić information content (AvgIpc) is 2.58. The van der Waals surface area contributed by atoms with Gasteiger partial charge in [0.1, 0.15) is 0 Å². The van der Waals surface area contributed by atoms with Crippen LogP contribution in [0.4, 0.5) is 0 Å². The van der Waals surface area contributed by atoms with Crippen LogP contribution in [0.25, 0.3) is 0 Å². The number of aliphatic hydroxyl groups excluding tert-OH is 1. The molecule has 2 aromatic rings. The molecular weight excluding hydrogens is 276 g/mol. The van der Waals surface area contributed by atoms with E-state index in [1.807, 2.05) is 48.5 Å². The number of aliphatic hydroxyl groups is 1. The van der Waals surface area contributed by atoms with Gasteiger partial charge in [-0.1, -0.05) is 60.7 Å². The number of benzene rings is 2. The van der Waals surface area contributed by atoms with Crippen LogP contribution >= 0.6 is 0 Å². The summed E-state index contributed by atoms with van der Waals surface area (Å²) in [6.45, 7) is 1.96. The Hall–Kier alpha value is -1.68. The van der Waals surface area contributed by atoms with E-state index in [1.165, 1.54) is 5.56 Å². The van der Waals surface area contributed by atoms with E-state index in [0.717, 1.165) is 12.0 Å². The lowest BCUT2D eigenvalue weighted by Gasteiger charge is -2.17. The molecule has 0 bridgehead atoms. The normalized spacial score (nSPS) is 12.2. The van der Waals surface area contributed by atoms with Crippen LogP contribution in [0.1, 0.15) is 24.0 Å². The zero-order valence-electron chi connectivity index (χ0n) is 12.9. The molecule has 0 amide bonds. The third kappa shape index (κ3) is 6.39. The number of hydrogen-bond acceptors (Lipinski definition) is 3. The van der Waals surface area contributed by atoms with Gasteiger partial charge in [-0.2, -0.15) is 0 Å². The van der Waals surface area contributed by atoms with Crippen molar-refractivity contribution in [1.82, 2.24) is 0 Å².